The Morgan fingerprint density at radius 1 is 1.21 bits per heavy atom. The third-order valence-electron chi connectivity index (χ3n) is 3.62. The van der Waals surface area contributed by atoms with Gasteiger partial charge in [-0.25, -0.2) is 14.4 Å². The van der Waals surface area contributed by atoms with Gasteiger partial charge < -0.3 is 15.5 Å². The Labute approximate surface area is 157 Å². The summed E-state index contributed by atoms with van der Waals surface area (Å²) >= 11 is 0. The summed E-state index contributed by atoms with van der Waals surface area (Å²) in [5.41, 5.74) is 5.00. The van der Waals surface area contributed by atoms with Gasteiger partial charge in [0.25, 0.3) is 0 Å². The number of carbonyl (C=O) groups excluding carboxylic acids is 1. The molecule has 0 aliphatic heterocycles. The summed E-state index contributed by atoms with van der Waals surface area (Å²) in [5.74, 6) is -0.746. The molecule has 0 saturated carbocycles. The van der Waals surface area contributed by atoms with Gasteiger partial charge in [-0.15, -0.1) is 0 Å². The number of alkyl halides is 3. The molecule has 0 aliphatic rings. The molecule has 3 rings (SSSR count). The first-order valence-electron chi connectivity index (χ1n) is 8.05. The minimum atomic E-state index is -4.62. The molecule has 3 aromatic rings. The number of furan rings is 1. The lowest BCUT2D eigenvalue weighted by atomic mass is 10.1. The van der Waals surface area contributed by atoms with Crippen LogP contribution in [0.2, 0.25) is 0 Å². The summed E-state index contributed by atoms with van der Waals surface area (Å²) in [6.45, 7) is 4.40. The first kappa shape index (κ1) is 21.1. The monoisotopic (exact) mass is 398 g/mol. The van der Waals surface area contributed by atoms with Gasteiger partial charge in [0, 0.05) is 17.9 Å². The zero-order valence-corrected chi connectivity index (χ0v) is 15.3. The largest absolute Gasteiger partial charge is 0.458 e. The van der Waals surface area contributed by atoms with Gasteiger partial charge in [0.15, 0.2) is 6.04 Å². The molecule has 0 radical (unpaired) electrons. The Morgan fingerprint density at radius 2 is 1.79 bits per heavy atom. The van der Waals surface area contributed by atoms with Crippen molar-refractivity contribution >= 4 is 22.6 Å². The lowest BCUT2D eigenvalue weighted by Crippen LogP contribution is -2.28. The fourth-order valence-corrected chi connectivity index (χ4v) is 2.42. The third-order valence-corrected chi connectivity index (χ3v) is 3.62. The predicted molar refractivity (Wildman–Crippen MR) is 95.0 cm³/mol. The normalized spacial score (nSPS) is 12.2. The molecule has 150 valence electrons. The van der Waals surface area contributed by atoms with Crippen molar-refractivity contribution in [2.75, 3.05) is 5.32 Å². The second kappa shape index (κ2) is 8.24. The lowest BCUT2D eigenvalue weighted by molar-refractivity contribution is -0.147. The highest BCUT2D eigenvalue weighted by atomic mass is 19.4. The topological polar surface area (TPSA) is 94.0 Å². The van der Waals surface area contributed by atoms with Crippen molar-refractivity contribution in [3.63, 3.8) is 0 Å². The molecule has 28 heavy (non-hydrogen) atoms. The molecule has 0 spiro atoms. The van der Waals surface area contributed by atoms with Gasteiger partial charge in [-0.1, -0.05) is 0 Å². The van der Waals surface area contributed by atoms with E-state index in [0.717, 1.165) is 12.1 Å². The number of halogens is 4. The highest BCUT2D eigenvalue weighted by molar-refractivity contribution is 5.82. The molecule has 0 bridgehead atoms. The van der Waals surface area contributed by atoms with Crippen LogP contribution in [-0.2, 0) is 4.79 Å². The standard InChI is InChI=1S/C16H13F4N3O.C2H5NO/c1-8-12-5-10(17)3-4-13(12)24-14(8)15(16(18,19)20)23-11-6-21-9(2)22-7-11;1-2(3)4/h3-7,15,23H,1-2H3;1H3,(H2,3,4). The highest BCUT2D eigenvalue weighted by Crippen LogP contribution is 2.40. The smallest absolute Gasteiger partial charge is 0.415 e. The van der Waals surface area contributed by atoms with Crippen LogP contribution in [0.15, 0.2) is 35.0 Å². The number of amides is 1. The summed E-state index contributed by atoms with van der Waals surface area (Å²) in [4.78, 5) is 16.9. The fraction of sp³-hybridized carbons (Fsp3) is 0.278. The molecule has 2 heterocycles. The molecule has 0 fully saturated rings. The van der Waals surface area contributed by atoms with Crippen LogP contribution in [0.3, 0.4) is 0 Å². The van der Waals surface area contributed by atoms with Crippen molar-refractivity contribution < 1.29 is 26.8 Å². The Kier molecular flexibility index (Phi) is 6.22. The molecule has 1 unspecified atom stereocenters. The number of benzene rings is 1. The van der Waals surface area contributed by atoms with E-state index in [9.17, 15) is 22.4 Å². The number of rotatable bonds is 3. The Morgan fingerprint density at radius 3 is 2.32 bits per heavy atom. The second-order valence-corrected chi connectivity index (χ2v) is 5.98. The minimum absolute atomic E-state index is 0.106. The zero-order valence-electron chi connectivity index (χ0n) is 15.3. The minimum Gasteiger partial charge on any atom is -0.458 e. The van der Waals surface area contributed by atoms with Crippen LogP contribution in [0.1, 0.15) is 30.1 Å². The average Bonchev–Trinajstić information content (AvgIpc) is 2.89. The van der Waals surface area contributed by atoms with Crippen molar-refractivity contribution in [2.45, 2.75) is 33.0 Å². The van der Waals surface area contributed by atoms with E-state index in [4.69, 9.17) is 4.42 Å². The van der Waals surface area contributed by atoms with Crippen LogP contribution in [-0.4, -0.2) is 22.1 Å². The molecule has 10 heteroatoms. The summed E-state index contributed by atoms with van der Waals surface area (Å²) in [6.07, 6.45) is -2.10. The summed E-state index contributed by atoms with van der Waals surface area (Å²) in [7, 11) is 0. The molecule has 2 aromatic heterocycles. The van der Waals surface area contributed by atoms with Gasteiger partial charge >= 0.3 is 6.18 Å². The average molecular weight is 398 g/mol. The number of hydrogen-bond acceptors (Lipinski definition) is 5. The van der Waals surface area contributed by atoms with Crippen LogP contribution in [0.4, 0.5) is 23.2 Å². The van der Waals surface area contributed by atoms with Crippen LogP contribution >= 0.6 is 0 Å². The number of aromatic nitrogens is 2. The number of nitrogens with two attached hydrogens (primary N) is 1. The van der Waals surface area contributed by atoms with Crippen molar-refractivity contribution in [1.82, 2.24) is 9.97 Å². The van der Waals surface area contributed by atoms with E-state index in [1.165, 1.54) is 32.3 Å². The van der Waals surface area contributed by atoms with Gasteiger partial charge in [0.05, 0.1) is 18.1 Å². The van der Waals surface area contributed by atoms with Crippen molar-refractivity contribution in [3.05, 3.63) is 53.6 Å². The van der Waals surface area contributed by atoms with E-state index < -0.39 is 18.0 Å². The first-order chi connectivity index (χ1) is 13.0. The maximum atomic E-state index is 13.5. The van der Waals surface area contributed by atoms with E-state index in [0.29, 0.717) is 11.2 Å². The van der Waals surface area contributed by atoms with Gasteiger partial charge in [-0.2, -0.15) is 13.2 Å². The summed E-state index contributed by atoms with van der Waals surface area (Å²) in [5, 5.41) is 2.65. The maximum Gasteiger partial charge on any atom is 0.415 e. The number of nitrogens with zero attached hydrogens (tertiary/aromatic N) is 2. The number of nitrogens with one attached hydrogen (secondary N) is 1. The maximum absolute atomic E-state index is 13.5. The Bertz CT molecular complexity index is 964. The highest BCUT2D eigenvalue weighted by Gasteiger charge is 2.44. The Balaban J connectivity index is 0.000000640. The molecule has 0 saturated heterocycles. The van der Waals surface area contributed by atoms with E-state index >= 15 is 0 Å². The third kappa shape index (κ3) is 5.18. The first-order valence-corrected chi connectivity index (χ1v) is 8.05. The van der Waals surface area contributed by atoms with Gasteiger partial charge in [-0.05, 0) is 32.0 Å². The predicted octanol–water partition coefficient (Wildman–Crippen LogP) is 4.19. The molecule has 1 atom stereocenters. The fourth-order valence-electron chi connectivity index (χ4n) is 2.42. The van der Waals surface area contributed by atoms with Gasteiger partial charge in [0.2, 0.25) is 5.91 Å². The van der Waals surface area contributed by atoms with E-state index in [2.05, 4.69) is 21.0 Å². The number of fused-ring (bicyclic) bond motifs is 1. The number of primary amides is 1. The molecular weight excluding hydrogens is 380 g/mol. The van der Waals surface area contributed by atoms with Crippen LogP contribution in [0.5, 0.6) is 0 Å². The lowest BCUT2D eigenvalue weighted by Gasteiger charge is -2.21. The number of aryl methyl sites for hydroxylation is 2. The van der Waals surface area contributed by atoms with Crippen molar-refractivity contribution in [2.24, 2.45) is 5.73 Å². The zero-order chi connectivity index (χ0) is 21.1. The van der Waals surface area contributed by atoms with Crippen LogP contribution < -0.4 is 11.1 Å². The number of anilines is 1. The molecule has 6 nitrogen and oxygen atoms in total. The van der Waals surface area contributed by atoms with Crippen LogP contribution in [0, 0.1) is 19.7 Å². The molecule has 1 aromatic carbocycles. The summed E-state index contributed by atoms with van der Waals surface area (Å²) < 4.78 is 59.3. The van der Waals surface area contributed by atoms with E-state index in [-0.39, 0.29) is 28.5 Å². The molecule has 3 N–H and O–H groups in total. The van der Waals surface area contributed by atoms with E-state index in [1.54, 1.807) is 6.92 Å². The van der Waals surface area contributed by atoms with Gasteiger partial charge in [-0.3, -0.25) is 4.79 Å². The molecule has 1 amide bonds. The van der Waals surface area contributed by atoms with Crippen molar-refractivity contribution in [3.8, 4) is 0 Å². The molecule has 0 aliphatic carbocycles. The van der Waals surface area contributed by atoms with Crippen molar-refractivity contribution in [1.29, 1.82) is 0 Å². The van der Waals surface area contributed by atoms with Gasteiger partial charge in [0.1, 0.15) is 23.0 Å². The number of carbonyl (C=O) groups is 1. The van der Waals surface area contributed by atoms with Crippen LogP contribution in [0.25, 0.3) is 11.0 Å². The second-order valence-electron chi connectivity index (χ2n) is 5.98. The number of hydrogen-bond donors (Lipinski definition) is 2. The molecular formula is C18H18F4N4O2. The SMILES string of the molecule is CC(N)=O.Cc1ncc(NC(c2oc3ccc(F)cc3c2C)C(F)(F)F)cn1. The summed E-state index contributed by atoms with van der Waals surface area (Å²) in [6, 6.07) is 1.50. The van der Waals surface area contributed by atoms with E-state index in [1.807, 2.05) is 0 Å². The quantitative estimate of drug-likeness (QED) is 0.646. The Hall–Kier alpha value is -3.17.